The van der Waals surface area contributed by atoms with Gasteiger partial charge in [0.2, 0.25) is 5.95 Å². The second-order valence-corrected chi connectivity index (χ2v) is 3.10. The van der Waals surface area contributed by atoms with Gasteiger partial charge < -0.3 is 11.5 Å². The fourth-order valence-corrected chi connectivity index (χ4v) is 1.51. The molecule has 0 aliphatic rings. The third kappa shape index (κ3) is 2.09. The lowest BCUT2D eigenvalue weighted by molar-refractivity contribution is 0.893. The molecule has 0 spiro atoms. The molecular formula is C7H12N4S. The molecule has 0 atom stereocenters. The predicted molar refractivity (Wildman–Crippen MR) is 51.0 cm³/mol. The largest absolute Gasteiger partial charge is 0.368 e. The molecule has 0 aromatic carbocycles. The maximum absolute atomic E-state index is 5.43. The number of aromatic nitrogens is 2. The second kappa shape index (κ2) is 4.27. The average molecular weight is 184 g/mol. The van der Waals surface area contributed by atoms with Crippen molar-refractivity contribution in [2.45, 2.75) is 11.4 Å². The van der Waals surface area contributed by atoms with Gasteiger partial charge in [-0.25, -0.2) is 9.97 Å². The number of nitrogens with two attached hydrogens (primary N) is 2. The normalized spacial score (nSPS) is 10.2. The van der Waals surface area contributed by atoms with Crippen molar-refractivity contribution < 1.29 is 0 Å². The van der Waals surface area contributed by atoms with Crippen LogP contribution in [0.2, 0.25) is 0 Å². The molecule has 0 unspecified atom stereocenters. The summed E-state index contributed by atoms with van der Waals surface area (Å²) in [4.78, 5) is 7.99. The summed E-state index contributed by atoms with van der Waals surface area (Å²) in [6.45, 7) is 0.612. The van der Waals surface area contributed by atoms with Crippen molar-refractivity contribution in [2.24, 2.45) is 5.73 Å². The fourth-order valence-electron chi connectivity index (χ4n) is 0.908. The first-order valence-electron chi connectivity index (χ1n) is 3.63. The zero-order chi connectivity index (χ0) is 8.97. The van der Waals surface area contributed by atoms with Crippen LogP contribution in [-0.2, 0) is 6.42 Å². The SMILES string of the molecule is CSc1nc(N)ncc1CCN. The van der Waals surface area contributed by atoms with Crippen LogP contribution in [0, 0.1) is 0 Å². The molecule has 0 amide bonds. The van der Waals surface area contributed by atoms with Crippen molar-refractivity contribution >= 4 is 17.7 Å². The molecule has 0 bridgehead atoms. The Morgan fingerprint density at radius 1 is 1.58 bits per heavy atom. The third-order valence-corrected chi connectivity index (χ3v) is 2.19. The van der Waals surface area contributed by atoms with Gasteiger partial charge in [0.05, 0.1) is 0 Å². The number of hydrogen-bond donors (Lipinski definition) is 2. The second-order valence-electron chi connectivity index (χ2n) is 2.30. The van der Waals surface area contributed by atoms with Crippen LogP contribution in [0.25, 0.3) is 0 Å². The van der Waals surface area contributed by atoms with Gasteiger partial charge in [0, 0.05) is 11.8 Å². The molecule has 0 aliphatic heterocycles. The zero-order valence-electron chi connectivity index (χ0n) is 6.95. The molecule has 1 aromatic heterocycles. The lowest BCUT2D eigenvalue weighted by atomic mass is 10.2. The first-order valence-corrected chi connectivity index (χ1v) is 4.86. The number of nitrogen functional groups attached to an aromatic ring is 1. The molecule has 1 aromatic rings. The minimum absolute atomic E-state index is 0.320. The van der Waals surface area contributed by atoms with Gasteiger partial charge >= 0.3 is 0 Å². The van der Waals surface area contributed by atoms with E-state index in [1.165, 1.54) is 0 Å². The Morgan fingerprint density at radius 2 is 2.33 bits per heavy atom. The molecule has 0 aliphatic carbocycles. The van der Waals surface area contributed by atoms with Gasteiger partial charge in [-0.1, -0.05) is 0 Å². The summed E-state index contributed by atoms with van der Waals surface area (Å²) >= 11 is 1.56. The van der Waals surface area contributed by atoms with Gasteiger partial charge in [-0.15, -0.1) is 11.8 Å². The third-order valence-electron chi connectivity index (χ3n) is 1.45. The fraction of sp³-hybridized carbons (Fsp3) is 0.429. The molecule has 4 nitrogen and oxygen atoms in total. The van der Waals surface area contributed by atoms with E-state index in [4.69, 9.17) is 11.5 Å². The van der Waals surface area contributed by atoms with Crippen LogP contribution < -0.4 is 11.5 Å². The topological polar surface area (TPSA) is 77.8 Å². The molecule has 66 valence electrons. The van der Waals surface area contributed by atoms with Gasteiger partial charge in [-0.3, -0.25) is 0 Å². The standard InChI is InChI=1S/C7H12N4S/c1-12-6-5(2-3-8)4-10-7(9)11-6/h4H,2-3,8H2,1H3,(H2,9,10,11). The number of anilines is 1. The van der Waals surface area contributed by atoms with Crippen LogP contribution in [-0.4, -0.2) is 22.8 Å². The molecule has 12 heavy (non-hydrogen) atoms. The van der Waals surface area contributed by atoms with Crippen molar-refractivity contribution in [3.63, 3.8) is 0 Å². The van der Waals surface area contributed by atoms with Gasteiger partial charge in [0.15, 0.2) is 0 Å². The first kappa shape index (κ1) is 9.28. The van der Waals surface area contributed by atoms with E-state index in [1.807, 2.05) is 6.26 Å². The van der Waals surface area contributed by atoms with E-state index in [2.05, 4.69) is 9.97 Å². The van der Waals surface area contributed by atoms with Crippen LogP contribution >= 0.6 is 11.8 Å². The monoisotopic (exact) mass is 184 g/mol. The smallest absolute Gasteiger partial charge is 0.221 e. The van der Waals surface area contributed by atoms with Crippen molar-refractivity contribution in [1.29, 1.82) is 0 Å². The Kier molecular flexibility index (Phi) is 3.31. The molecule has 5 heteroatoms. The van der Waals surface area contributed by atoms with Crippen LogP contribution in [0.4, 0.5) is 5.95 Å². The van der Waals surface area contributed by atoms with Gasteiger partial charge in [0.1, 0.15) is 5.03 Å². The van der Waals surface area contributed by atoms with E-state index in [-0.39, 0.29) is 0 Å². The Bertz CT molecular complexity index is 264. The predicted octanol–water partition coefficient (Wildman–Crippen LogP) is 0.282. The minimum atomic E-state index is 0.320. The van der Waals surface area contributed by atoms with Crippen LogP contribution in [0.15, 0.2) is 11.2 Å². The molecule has 0 radical (unpaired) electrons. The maximum atomic E-state index is 5.43. The van der Waals surface area contributed by atoms with Crippen LogP contribution in [0.5, 0.6) is 0 Å². The zero-order valence-corrected chi connectivity index (χ0v) is 7.77. The van der Waals surface area contributed by atoms with Crippen LogP contribution in [0.3, 0.4) is 0 Å². The van der Waals surface area contributed by atoms with Crippen LogP contribution in [0.1, 0.15) is 5.56 Å². The Hall–Kier alpha value is -0.810. The molecule has 1 rings (SSSR count). The molecule has 1 heterocycles. The molecule has 0 saturated heterocycles. The lowest BCUT2D eigenvalue weighted by Crippen LogP contribution is -2.06. The quantitative estimate of drug-likeness (QED) is 0.521. The molecule has 0 saturated carbocycles. The van der Waals surface area contributed by atoms with Gasteiger partial charge in [-0.2, -0.15) is 0 Å². The summed E-state index contributed by atoms with van der Waals surface area (Å²) in [5.41, 5.74) is 11.9. The summed E-state index contributed by atoms with van der Waals surface area (Å²) in [7, 11) is 0. The van der Waals surface area contributed by atoms with E-state index in [0.717, 1.165) is 17.0 Å². The highest BCUT2D eigenvalue weighted by atomic mass is 32.2. The summed E-state index contributed by atoms with van der Waals surface area (Å²) in [5, 5.41) is 0.924. The summed E-state index contributed by atoms with van der Waals surface area (Å²) in [5.74, 6) is 0.320. The Labute approximate surface area is 75.8 Å². The highest BCUT2D eigenvalue weighted by Crippen LogP contribution is 2.17. The average Bonchev–Trinajstić information content (AvgIpc) is 2.08. The first-order chi connectivity index (χ1) is 5.77. The summed E-state index contributed by atoms with van der Waals surface area (Å²) < 4.78 is 0. The van der Waals surface area contributed by atoms with Crippen molar-refractivity contribution in [1.82, 2.24) is 9.97 Å². The van der Waals surface area contributed by atoms with Gasteiger partial charge in [0.25, 0.3) is 0 Å². The number of hydrogen-bond acceptors (Lipinski definition) is 5. The summed E-state index contributed by atoms with van der Waals surface area (Å²) in [6.07, 6.45) is 4.50. The van der Waals surface area contributed by atoms with E-state index < -0.39 is 0 Å². The van der Waals surface area contributed by atoms with E-state index in [0.29, 0.717) is 12.5 Å². The van der Waals surface area contributed by atoms with Crippen molar-refractivity contribution in [3.05, 3.63) is 11.8 Å². The minimum Gasteiger partial charge on any atom is -0.368 e. The highest BCUT2D eigenvalue weighted by molar-refractivity contribution is 7.98. The van der Waals surface area contributed by atoms with Gasteiger partial charge in [-0.05, 0) is 19.2 Å². The molecular weight excluding hydrogens is 172 g/mol. The maximum Gasteiger partial charge on any atom is 0.221 e. The summed E-state index contributed by atoms with van der Waals surface area (Å²) in [6, 6.07) is 0. The van der Waals surface area contributed by atoms with E-state index >= 15 is 0 Å². The Balaban J connectivity index is 2.94. The number of thioether (sulfide) groups is 1. The molecule has 0 fully saturated rings. The van der Waals surface area contributed by atoms with Crippen molar-refractivity contribution in [2.75, 3.05) is 18.5 Å². The Morgan fingerprint density at radius 3 is 2.92 bits per heavy atom. The number of rotatable bonds is 3. The highest BCUT2D eigenvalue weighted by Gasteiger charge is 2.02. The van der Waals surface area contributed by atoms with E-state index in [9.17, 15) is 0 Å². The lowest BCUT2D eigenvalue weighted by Gasteiger charge is -2.04. The van der Waals surface area contributed by atoms with Crippen molar-refractivity contribution in [3.8, 4) is 0 Å². The number of nitrogens with zero attached hydrogens (tertiary/aromatic N) is 2. The van der Waals surface area contributed by atoms with E-state index in [1.54, 1.807) is 18.0 Å². The molecule has 4 N–H and O–H groups in total.